The lowest BCUT2D eigenvalue weighted by molar-refractivity contribution is -0.138. The van der Waals surface area contributed by atoms with Crippen molar-refractivity contribution in [3.05, 3.63) is 18.2 Å². The molecule has 6 heteroatoms. The average molecular weight is 295 g/mol. The third-order valence-electron chi connectivity index (χ3n) is 4.21. The lowest BCUT2D eigenvalue weighted by atomic mass is 9.80. The fourth-order valence-corrected chi connectivity index (χ4v) is 3.03. The van der Waals surface area contributed by atoms with Gasteiger partial charge in [0.05, 0.1) is 18.6 Å². The van der Waals surface area contributed by atoms with Crippen molar-refractivity contribution in [3.63, 3.8) is 0 Å². The fraction of sp³-hybridized carbons (Fsp3) is 0.733. The summed E-state index contributed by atoms with van der Waals surface area (Å²) in [4.78, 5) is 15.0. The number of carbonyl (C=O) groups is 1. The Balaban J connectivity index is 1.62. The predicted octanol–water partition coefficient (Wildman–Crippen LogP) is 1.25. The summed E-state index contributed by atoms with van der Waals surface area (Å²) < 4.78 is 1.88. The Morgan fingerprint density at radius 1 is 1.33 bits per heavy atom. The number of hydrogen-bond acceptors (Lipinski definition) is 4. The molecular formula is C15H25N3O3. The summed E-state index contributed by atoms with van der Waals surface area (Å²) in [5.74, 6) is 0.345. The number of aliphatic carboxylic acids is 1. The molecule has 1 heterocycles. The van der Waals surface area contributed by atoms with Crippen LogP contribution in [-0.4, -0.2) is 38.9 Å². The first-order valence-electron chi connectivity index (χ1n) is 7.71. The summed E-state index contributed by atoms with van der Waals surface area (Å²) in [6.07, 6.45) is 8.31. The van der Waals surface area contributed by atoms with Gasteiger partial charge in [0.25, 0.3) is 0 Å². The Hall–Kier alpha value is -1.40. The van der Waals surface area contributed by atoms with Gasteiger partial charge in [-0.25, -0.2) is 4.98 Å². The second-order valence-electron chi connectivity index (χ2n) is 5.94. The van der Waals surface area contributed by atoms with Gasteiger partial charge in [-0.05, 0) is 44.1 Å². The zero-order valence-electron chi connectivity index (χ0n) is 12.4. The van der Waals surface area contributed by atoms with E-state index in [0.717, 1.165) is 44.5 Å². The maximum absolute atomic E-state index is 10.7. The number of rotatable bonds is 8. The van der Waals surface area contributed by atoms with Crippen molar-refractivity contribution in [2.75, 3.05) is 13.2 Å². The Morgan fingerprint density at radius 3 is 2.71 bits per heavy atom. The normalized spacial score (nSPS) is 22.3. The highest BCUT2D eigenvalue weighted by Crippen LogP contribution is 2.30. The maximum Gasteiger partial charge on any atom is 0.303 e. The lowest BCUT2D eigenvalue weighted by Gasteiger charge is -2.27. The van der Waals surface area contributed by atoms with E-state index in [4.69, 9.17) is 10.2 Å². The largest absolute Gasteiger partial charge is 0.481 e. The van der Waals surface area contributed by atoms with Gasteiger partial charge in [0.1, 0.15) is 0 Å². The van der Waals surface area contributed by atoms with Crippen molar-refractivity contribution >= 4 is 5.97 Å². The summed E-state index contributed by atoms with van der Waals surface area (Å²) in [7, 11) is 0. The summed E-state index contributed by atoms with van der Waals surface area (Å²) in [5, 5.41) is 21.1. The molecule has 0 aromatic carbocycles. The van der Waals surface area contributed by atoms with Crippen LogP contribution >= 0.6 is 0 Å². The molecule has 21 heavy (non-hydrogen) atoms. The zero-order valence-corrected chi connectivity index (χ0v) is 12.4. The molecule has 0 unspecified atom stereocenters. The molecule has 1 aromatic heterocycles. The molecule has 1 aliphatic rings. The van der Waals surface area contributed by atoms with Crippen LogP contribution in [0.25, 0.3) is 0 Å². The van der Waals surface area contributed by atoms with Gasteiger partial charge in [0.2, 0.25) is 0 Å². The van der Waals surface area contributed by atoms with E-state index in [1.165, 1.54) is 0 Å². The van der Waals surface area contributed by atoms with Gasteiger partial charge in [0, 0.05) is 25.7 Å². The average Bonchev–Trinajstić information content (AvgIpc) is 2.88. The number of aliphatic hydroxyl groups is 1. The van der Waals surface area contributed by atoms with Gasteiger partial charge in [-0.3, -0.25) is 4.79 Å². The van der Waals surface area contributed by atoms with Crippen molar-refractivity contribution in [1.82, 2.24) is 14.9 Å². The van der Waals surface area contributed by atoms with E-state index in [9.17, 15) is 4.79 Å². The Kier molecular flexibility index (Phi) is 6.20. The number of imidazole rings is 1. The van der Waals surface area contributed by atoms with Crippen molar-refractivity contribution in [2.45, 2.75) is 45.2 Å². The molecule has 6 nitrogen and oxygen atoms in total. The van der Waals surface area contributed by atoms with Crippen LogP contribution in [0.2, 0.25) is 0 Å². The second kappa shape index (κ2) is 8.14. The third-order valence-corrected chi connectivity index (χ3v) is 4.21. The van der Waals surface area contributed by atoms with Crippen LogP contribution in [0.15, 0.2) is 12.5 Å². The van der Waals surface area contributed by atoms with E-state index in [2.05, 4.69) is 10.3 Å². The highest BCUT2D eigenvalue weighted by molar-refractivity contribution is 5.67. The number of hydrogen-bond donors (Lipinski definition) is 3. The number of aromatic nitrogens is 2. The molecular weight excluding hydrogens is 270 g/mol. The monoisotopic (exact) mass is 295 g/mol. The molecule has 1 aliphatic carbocycles. The first-order valence-corrected chi connectivity index (χ1v) is 7.71. The molecule has 1 fully saturated rings. The molecule has 1 saturated carbocycles. The summed E-state index contributed by atoms with van der Waals surface area (Å²) in [5.41, 5.74) is 0.989. The smallest absolute Gasteiger partial charge is 0.303 e. The standard InChI is InChI=1S/C15H25N3O3/c19-6-5-18-10-14(17-11-18)9-16-8-13-3-1-12(2-4-13)7-15(20)21/h10-13,16,19H,1-9H2,(H,20,21). The topological polar surface area (TPSA) is 87.4 Å². The van der Waals surface area contributed by atoms with Gasteiger partial charge < -0.3 is 20.1 Å². The maximum atomic E-state index is 10.7. The molecule has 118 valence electrons. The van der Waals surface area contributed by atoms with E-state index in [-0.39, 0.29) is 6.61 Å². The van der Waals surface area contributed by atoms with Crippen molar-refractivity contribution in [1.29, 1.82) is 0 Å². The molecule has 1 aromatic rings. The summed E-state index contributed by atoms with van der Waals surface area (Å²) >= 11 is 0. The molecule has 0 saturated heterocycles. The van der Waals surface area contributed by atoms with Gasteiger partial charge in [-0.1, -0.05) is 0 Å². The zero-order chi connectivity index (χ0) is 15.1. The van der Waals surface area contributed by atoms with Crippen molar-refractivity contribution in [2.24, 2.45) is 11.8 Å². The van der Waals surface area contributed by atoms with E-state index in [1.807, 2.05) is 10.8 Å². The number of nitrogens with zero attached hydrogens (tertiary/aromatic N) is 2. The van der Waals surface area contributed by atoms with Crippen molar-refractivity contribution in [3.8, 4) is 0 Å². The first kappa shape index (κ1) is 16.0. The van der Waals surface area contributed by atoms with Crippen LogP contribution in [0, 0.1) is 11.8 Å². The first-order chi connectivity index (χ1) is 10.2. The SMILES string of the molecule is O=C(O)CC1CCC(CNCc2cn(CCO)cn2)CC1. The highest BCUT2D eigenvalue weighted by Gasteiger charge is 2.22. The third kappa shape index (κ3) is 5.47. The Bertz CT molecular complexity index is 439. The molecule has 0 spiro atoms. The van der Waals surface area contributed by atoms with Gasteiger partial charge >= 0.3 is 5.97 Å². The van der Waals surface area contributed by atoms with Crippen LogP contribution in [0.5, 0.6) is 0 Å². The molecule has 0 bridgehead atoms. The van der Waals surface area contributed by atoms with E-state index in [1.54, 1.807) is 6.33 Å². The van der Waals surface area contributed by atoms with Crippen LogP contribution in [0.1, 0.15) is 37.8 Å². The quantitative estimate of drug-likeness (QED) is 0.672. The molecule has 3 N–H and O–H groups in total. The molecule has 0 aliphatic heterocycles. The van der Waals surface area contributed by atoms with Crippen molar-refractivity contribution < 1.29 is 15.0 Å². The molecule has 0 atom stereocenters. The number of carboxylic acid groups (broad SMARTS) is 1. The Labute approximate surface area is 125 Å². The molecule has 0 radical (unpaired) electrons. The Morgan fingerprint density at radius 2 is 2.05 bits per heavy atom. The minimum atomic E-state index is -0.671. The van der Waals surface area contributed by atoms with Gasteiger partial charge in [0.15, 0.2) is 0 Å². The second-order valence-corrected chi connectivity index (χ2v) is 5.94. The van der Waals surface area contributed by atoms with Gasteiger partial charge in [-0.15, -0.1) is 0 Å². The molecule has 0 amide bonds. The van der Waals surface area contributed by atoms with Gasteiger partial charge in [-0.2, -0.15) is 0 Å². The summed E-state index contributed by atoms with van der Waals surface area (Å²) in [6, 6.07) is 0. The molecule has 2 rings (SSSR count). The van der Waals surface area contributed by atoms with Crippen LogP contribution < -0.4 is 5.32 Å². The minimum absolute atomic E-state index is 0.128. The van der Waals surface area contributed by atoms with E-state index < -0.39 is 5.97 Å². The number of nitrogens with one attached hydrogen (secondary N) is 1. The lowest BCUT2D eigenvalue weighted by Crippen LogP contribution is -2.27. The van der Waals surface area contributed by atoms with Crippen LogP contribution in [0.3, 0.4) is 0 Å². The minimum Gasteiger partial charge on any atom is -0.481 e. The number of aliphatic hydroxyl groups excluding tert-OH is 1. The van der Waals surface area contributed by atoms with E-state index >= 15 is 0 Å². The summed E-state index contributed by atoms with van der Waals surface area (Å²) in [6.45, 7) is 2.42. The fourth-order valence-electron chi connectivity index (χ4n) is 3.03. The highest BCUT2D eigenvalue weighted by atomic mass is 16.4. The predicted molar refractivity (Wildman–Crippen MR) is 78.7 cm³/mol. The van der Waals surface area contributed by atoms with Crippen LogP contribution in [0.4, 0.5) is 0 Å². The van der Waals surface area contributed by atoms with Crippen LogP contribution in [-0.2, 0) is 17.9 Å². The van der Waals surface area contributed by atoms with E-state index in [0.29, 0.717) is 24.8 Å². The number of carboxylic acids is 1.